The number of nitrogens with one attached hydrogen (secondary N) is 1. The molecule has 0 fully saturated rings. The van der Waals surface area contributed by atoms with Crippen LogP contribution >= 0.6 is 11.8 Å². The molecule has 5 heteroatoms. The summed E-state index contributed by atoms with van der Waals surface area (Å²) in [5, 5.41) is 3.62. The molecule has 1 unspecified atom stereocenters. The van der Waals surface area contributed by atoms with E-state index in [1.165, 1.54) is 0 Å². The number of nitrogens with two attached hydrogens (primary N) is 1. The van der Waals surface area contributed by atoms with Crippen molar-refractivity contribution in [3.05, 3.63) is 29.8 Å². The Balaban J connectivity index is 2.17. The Morgan fingerprint density at radius 2 is 2.18 bits per heavy atom. The second kappa shape index (κ2) is 6.32. The van der Waals surface area contributed by atoms with E-state index in [0.29, 0.717) is 11.6 Å². The molecule has 0 saturated carbocycles. The normalized spacial score (nSPS) is 22.1. The summed E-state index contributed by atoms with van der Waals surface area (Å²) < 4.78 is 0. The van der Waals surface area contributed by atoms with Crippen molar-refractivity contribution in [2.45, 2.75) is 46.1 Å². The van der Waals surface area contributed by atoms with Gasteiger partial charge in [0, 0.05) is 17.9 Å². The van der Waals surface area contributed by atoms with E-state index in [4.69, 9.17) is 5.73 Å². The van der Waals surface area contributed by atoms with Gasteiger partial charge < -0.3 is 11.1 Å². The summed E-state index contributed by atoms with van der Waals surface area (Å²) in [4.78, 5) is 16.7. The molecule has 22 heavy (non-hydrogen) atoms. The number of thioether (sulfide) groups is 1. The highest BCUT2D eigenvalue weighted by atomic mass is 32.2. The number of carbonyl (C=O) groups excluding carboxylic acids is 1. The molecule has 120 valence electrons. The van der Waals surface area contributed by atoms with Crippen molar-refractivity contribution in [3.8, 4) is 0 Å². The molecule has 1 aromatic rings. The van der Waals surface area contributed by atoms with Gasteiger partial charge >= 0.3 is 0 Å². The number of rotatable bonds is 3. The summed E-state index contributed by atoms with van der Waals surface area (Å²) in [5.74, 6) is 1.00. The van der Waals surface area contributed by atoms with Gasteiger partial charge in [-0.25, -0.2) is 0 Å². The third-order valence-electron chi connectivity index (χ3n) is 3.65. The zero-order chi connectivity index (χ0) is 16.4. The lowest BCUT2D eigenvalue weighted by Crippen LogP contribution is -2.29. The fourth-order valence-corrected chi connectivity index (χ4v) is 3.49. The number of benzene rings is 1. The van der Waals surface area contributed by atoms with Crippen LogP contribution in [0.15, 0.2) is 29.3 Å². The van der Waals surface area contributed by atoms with Gasteiger partial charge in [-0.3, -0.25) is 9.79 Å². The van der Waals surface area contributed by atoms with Crippen molar-refractivity contribution >= 4 is 28.5 Å². The summed E-state index contributed by atoms with van der Waals surface area (Å²) in [6.07, 6.45) is 1.44. The molecule has 1 aromatic carbocycles. The van der Waals surface area contributed by atoms with Gasteiger partial charge in [-0.05, 0) is 36.5 Å². The van der Waals surface area contributed by atoms with Crippen LogP contribution in [0, 0.1) is 5.41 Å². The van der Waals surface area contributed by atoms with E-state index < -0.39 is 0 Å². The van der Waals surface area contributed by atoms with Gasteiger partial charge in [0.25, 0.3) is 0 Å². The Morgan fingerprint density at radius 1 is 1.45 bits per heavy atom. The molecule has 1 amide bonds. The van der Waals surface area contributed by atoms with Gasteiger partial charge in [-0.2, -0.15) is 0 Å². The molecule has 1 atom stereocenters. The molecule has 1 aliphatic heterocycles. The third-order valence-corrected chi connectivity index (χ3v) is 4.45. The van der Waals surface area contributed by atoms with E-state index in [1.807, 2.05) is 24.3 Å². The molecule has 1 heterocycles. The summed E-state index contributed by atoms with van der Waals surface area (Å²) in [6.45, 7) is 8.26. The van der Waals surface area contributed by atoms with Crippen LogP contribution in [0.3, 0.4) is 0 Å². The fourth-order valence-electron chi connectivity index (χ4n) is 2.51. The summed E-state index contributed by atoms with van der Waals surface area (Å²) in [7, 11) is 0. The van der Waals surface area contributed by atoms with Gasteiger partial charge in [-0.15, -0.1) is 0 Å². The second-order valence-corrected chi connectivity index (χ2v) is 8.30. The number of nitrogens with zero attached hydrogens (tertiary/aromatic N) is 1. The molecule has 0 spiro atoms. The van der Waals surface area contributed by atoms with Crippen molar-refractivity contribution in [2.75, 3.05) is 11.1 Å². The minimum absolute atomic E-state index is 0.0208. The number of hydrogen-bond donors (Lipinski definition) is 2. The third kappa shape index (κ3) is 4.50. The van der Waals surface area contributed by atoms with E-state index >= 15 is 0 Å². The molecular formula is C17H25N3OS. The first-order valence-electron chi connectivity index (χ1n) is 7.56. The Hall–Kier alpha value is -1.49. The van der Waals surface area contributed by atoms with Crippen LogP contribution in [0.2, 0.25) is 0 Å². The first kappa shape index (κ1) is 16.9. The highest BCUT2D eigenvalue weighted by Gasteiger charge is 2.29. The molecule has 1 aliphatic rings. The van der Waals surface area contributed by atoms with Gasteiger partial charge in [0.15, 0.2) is 5.17 Å². The molecule has 0 aliphatic carbocycles. The number of amides is 1. The van der Waals surface area contributed by atoms with Crippen LogP contribution in [-0.4, -0.2) is 16.8 Å². The Morgan fingerprint density at radius 3 is 2.82 bits per heavy atom. The van der Waals surface area contributed by atoms with Gasteiger partial charge in [0.2, 0.25) is 5.91 Å². The average molecular weight is 319 g/mol. The lowest BCUT2D eigenvalue weighted by Gasteiger charge is -2.30. The van der Waals surface area contributed by atoms with Crippen molar-refractivity contribution in [3.63, 3.8) is 0 Å². The molecule has 2 rings (SSSR count). The first-order valence-corrected chi connectivity index (χ1v) is 8.55. The number of amidine groups is 1. The second-order valence-electron chi connectivity index (χ2n) is 7.19. The SMILES string of the molecule is CC(C)(C)CC(=O)Nc1cccc(C2(C)CCSC(N)=N2)c1. The highest BCUT2D eigenvalue weighted by Crippen LogP contribution is 2.35. The predicted molar refractivity (Wildman–Crippen MR) is 95.2 cm³/mol. The highest BCUT2D eigenvalue weighted by molar-refractivity contribution is 8.13. The van der Waals surface area contributed by atoms with Crippen LogP contribution in [0.4, 0.5) is 5.69 Å². The van der Waals surface area contributed by atoms with Crippen molar-refractivity contribution < 1.29 is 4.79 Å². The fraction of sp³-hybridized carbons (Fsp3) is 0.529. The zero-order valence-electron chi connectivity index (χ0n) is 13.8. The maximum absolute atomic E-state index is 12.1. The van der Waals surface area contributed by atoms with Crippen molar-refractivity contribution in [1.82, 2.24) is 0 Å². The van der Waals surface area contributed by atoms with E-state index in [2.05, 4.69) is 38.0 Å². The molecule has 3 N–H and O–H groups in total. The molecule has 0 bridgehead atoms. The van der Waals surface area contributed by atoms with Crippen LogP contribution in [0.25, 0.3) is 0 Å². The lowest BCUT2D eigenvalue weighted by atomic mass is 9.89. The first-order chi connectivity index (χ1) is 10.2. The number of hydrogen-bond acceptors (Lipinski definition) is 4. The quantitative estimate of drug-likeness (QED) is 0.892. The van der Waals surface area contributed by atoms with E-state index in [1.54, 1.807) is 11.8 Å². The topological polar surface area (TPSA) is 67.5 Å². The minimum atomic E-state index is -0.305. The van der Waals surface area contributed by atoms with Crippen molar-refractivity contribution in [1.29, 1.82) is 0 Å². The maximum Gasteiger partial charge on any atom is 0.224 e. The molecule has 0 saturated heterocycles. The van der Waals surface area contributed by atoms with Crippen LogP contribution < -0.4 is 11.1 Å². The standard InChI is InChI=1S/C17H25N3OS/c1-16(2,3)11-14(21)19-13-7-5-6-12(10-13)17(4)8-9-22-15(18)20-17/h5-7,10H,8-9,11H2,1-4H3,(H2,18,20)(H,19,21). The number of carbonyl (C=O) groups is 1. The number of anilines is 1. The zero-order valence-corrected chi connectivity index (χ0v) is 14.6. The minimum Gasteiger partial charge on any atom is -0.379 e. The van der Waals surface area contributed by atoms with Crippen LogP contribution in [0.5, 0.6) is 0 Å². The lowest BCUT2D eigenvalue weighted by molar-refractivity contribution is -0.117. The van der Waals surface area contributed by atoms with Crippen LogP contribution in [0.1, 0.15) is 46.1 Å². The van der Waals surface area contributed by atoms with Gasteiger partial charge in [0.05, 0.1) is 5.54 Å². The average Bonchev–Trinajstić information content (AvgIpc) is 2.36. The van der Waals surface area contributed by atoms with Crippen molar-refractivity contribution in [2.24, 2.45) is 16.1 Å². The Kier molecular flexibility index (Phi) is 4.85. The van der Waals surface area contributed by atoms with E-state index in [9.17, 15) is 4.79 Å². The number of aliphatic imine (C=N–C) groups is 1. The monoisotopic (exact) mass is 319 g/mol. The largest absolute Gasteiger partial charge is 0.379 e. The van der Waals surface area contributed by atoms with E-state index in [0.717, 1.165) is 23.4 Å². The summed E-state index contributed by atoms with van der Waals surface area (Å²) in [5.41, 5.74) is 7.46. The Bertz CT molecular complexity index is 592. The van der Waals surface area contributed by atoms with Gasteiger partial charge in [0.1, 0.15) is 0 Å². The van der Waals surface area contributed by atoms with E-state index in [-0.39, 0.29) is 16.9 Å². The maximum atomic E-state index is 12.1. The Labute approximate surface area is 137 Å². The van der Waals surface area contributed by atoms with Gasteiger partial charge in [-0.1, -0.05) is 44.7 Å². The molecule has 0 radical (unpaired) electrons. The summed E-state index contributed by atoms with van der Waals surface area (Å²) in [6, 6.07) is 7.93. The smallest absolute Gasteiger partial charge is 0.224 e. The molecule has 0 aromatic heterocycles. The molecule has 4 nitrogen and oxygen atoms in total. The van der Waals surface area contributed by atoms with Crippen LogP contribution in [-0.2, 0) is 10.3 Å². The summed E-state index contributed by atoms with van der Waals surface area (Å²) >= 11 is 1.59. The predicted octanol–water partition coefficient (Wildman–Crippen LogP) is 3.73. The molecular weight excluding hydrogens is 294 g/mol.